The summed E-state index contributed by atoms with van der Waals surface area (Å²) in [6, 6.07) is 20.3. The quantitative estimate of drug-likeness (QED) is 0.274. The molecule has 1 amide bonds. The Hall–Kier alpha value is -4.51. The molecule has 4 aromatic rings. The Balaban J connectivity index is 1.34. The molecule has 0 aliphatic carbocycles. The van der Waals surface area contributed by atoms with Crippen LogP contribution in [0.2, 0.25) is 5.02 Å². The number of benzene rings is 3. The van der Waals surface area contributed by atoms with Crippen molar-refractivity contribution in [1.29, 1.82) is 0 Å². The van der Waals surface area contributed by atoms with Crippen LogP contribution >= 0.6 is 23.2 Å². The number of anilines is 2. The van der Waals surface area contributed by atoms with Gasteiger partial charge in [0.2, 0.25) is 12.7 Å². The number of nitrogens with one attached hydrogen (secondary N) is 3. The van der Waals surface area contributed by atoms with Crippen molar-refractivity contribution in [3.8, 4) is 22.8 Å². The smallest absolute Gasteiger partial charge is 0.254 e. The molecule has 2 aliphatic rings. The number of carbonyl (C=O) groups excluding carboxylic acids is 1. The number of amides is 1. The lowest BCUT2D eigenvalue weighted by atomic mass is 10.0. The number of hydrazine groups is 2. The van der Waals surface area contributed by atoms with Crippen LogP contribution in [0.1, 0.15) is 11.6 Å². The highest BCUT2D eigenvalue weighted by Crippen LogP contribution is 2.35. The van der Waals surface area contributed by atoms with Crippen LogP contribution < -0.4 is 36.3 Å². The molecule has 0 saturated heterocycles. The van der Waals surface area contributed by atoms with E-state index in [1.165, 1.54) is 17.0 Å². The number of carbonyl (C=O) groups is 1. The third kappa shape index (κ3) is 5.32. The first-order valence-electron chi connectivity index (χ1n) is 12.3. The number of hydrogen-bond donors (Lipinski definition) is 3. The van der Waals surface area contributed by atoms with Crippen molar-refractivity contribution < 1.29 is 14.3 Å². The van der Waals surface area contributed by atoms with Gasteiger partial charge in [0.1, 0.15) is 11.2 Å². The molecule has 0 bridgehead atoms. The molecule has 3 aromatic carbocycles. The van der Waals surface area contributed by atoms with Crippen LogP contribution in [-0.2, 0) is 11.2 Å². The molecule has 3 heterocycles. The maximum atomic E-state index is 13.6. The summed E-state index contributed by atoms with van der Waals surface area (Å²) in [5, 5.41) is 5.41. The van der Waals surface area contributed by atoms with Gasteiger partial charge in [0.15, 0.2) is 11.5 Å². The van der Waals surface area contributed by atoms with Gasteiger partial charge in [0.05, 0.1) is 23.9 Å². The molecule has 1 atom stereocenters. The third-order valence-electron chi connectivity index (χ3n) is 6.42. The second-order valence-electron chi connectivity index (χ2n) is 9.03. The minimum absolute atomic E-state index is 0.124. The molecule has 0 spiro atoms. The van der Waals surface area contributed by atoms with E-state index in [2.05, 4.69) is 21.3 Å². The minimum Gasteiger partial charge on any atom is -0.454 e. The van der Waals surface area contributed by atoms with Crippen molar-refractivity contribution >= 4 is 40.5 Å². The zero-order chi connectivity index (χ0) is 27.6. The van der Waals surface area contributed by atoms with Gasteiger partial charge in [0.25, 0.3) is 5.56 Å². The van der Waals surface area contributed by atoms with Crippen LogP contribution in [0, 0.1) is 0 Å². The molecule has 0 unspecified atom stereocenters. The molecule has 2 aliphatic heterocycles. The fraction of sp³-hybridized carbons (Fsp3) is 0.107. The summed E-state index contributed by atoms with van der Waals surface area (Å²) in [6.45, 7) is 0.124. The Morgan fingerprint density at radius 1 is 1.02 bits per heavy atom. The Bertz CT molecular complexity index is 1680. The number of fused-ring (bicyclic) bond motifs is 1. The standard InChI is InChI=1S/C28H22Cl2N6O4/c29-18-6-8-22(36-14-26(30)33-34-36)20(11-18)21-13-27(37)35(15-31-21)23(10-17-4-2-1-3-5-17)28(38)32-19-7-9-24-25(12-19)40-16-39-24/h1-9,11-15,23,33-34H,10,16H2,(H,32,38)/t23-/m0/s1. The molecule has 0 fully saturated rings. The first kappa shape index (κ1) is 25.8. The normalized spacial score (nSPS) is 14.4. The SMILES string of the molecule is O=C(Nc1ccc2c(c1)OCO2)[C@H](Cc1ccccc1)n1cnc(-c2cc(Cl)ccc2N2C=C(Cl)NN2)cc1=O. The van der Waals surface area contributed by atoms with Gasteiger partial charge >= 0.3 is 0 Å². The highest BCUT2D eigenvalue weighted by molar-refractivity contribution is 6.31. The lowest BCUT2D eigenvalue weighted by molar-refractivity contribution is -0.119. The second-order valence-corrected chi connectivity index (χ2v) is 9.87. The number of halogens is 2. The lowest BCUT2D eigenvalue weighted by Crippen LogP contribution is -2.36. The highest BCUT2D eigenvalue weighted by atomic mass is 35.5. The van der Waals surface area contributed by atoms with Crippen molar-refractivity contribution in [3.63, 3.8) is 0 Å². The average molecular weight is 577 g/mol. The molecular weight excluding hydrogens is 555 g/mol. The topological polar surface area (TPSA) is 110 Å². The maximum Gasteiger partial charge on any atom is 0.254 e. The summed E-state index contributed by atoms with van der Waals surface area (Å²) in [7, 11) is 0. The van der Waals surface area contributed by atoms with Crippen molar-refractivity contribution in [2.45, 2.75) is 12.5 Å². The van der Waals surface area contributed by atoms with Gasteiger partial charge in [-0.25, -0.2) is 4.98 Å². The predicted molar refractivity (Wildman–Crippen MR) is 152 cm³/mol. The molecule has 3 N–H and O–H groups in total. The molecule has 0 radical (unpaired) electrons. The Morgan fingerprint density at radius 3 is 2.62 bits per heavy atom. The molecule has 10 nitrogen and oxygen atoms in total. The number of rotatable bonds is 7. The summed E-state index contributed by atoms with van der Waals surface area (Å²) in [6.07, 6.45) is 3.30. The predicted octanol–water partition coefficient (Wildman–Crippen LogP) is 4.58. The van der Waals surface area contributed by atoms with E-state index in [1.54, 1.807) is 47.6 Å². The summed E-state index contributed by atoms with van der Waals surface area (Å²) in [5.74, 6) is 0.764. The maximum absolute atomic E-state index is 13.6. The van der Waals surface area contributed by atoms with E-state index < -0.39 is 11.6 Å². The van der Waals surface area contributed by atoms with E-state index >= 15 is 0 Å². The molecule has 40 heavy (non-hydrogen) atoms. The van der Waals surface area contributed by atoms with E-state index in [-0.39, 0.29) is 19.1 Å². The van der Waals surface area contributed by atoms with Crippen molar-refractivity contribution in [2.75, 3.05) is 17.1 Å². The Labute approximate surface area is 238 Å². The first-order valence-corrected chi connectivity index (χ1v) is 13.0. The number of nitrogens with zero attached hydrogens (tertiary/aromatic N) is 3. The van der Waals surface area contributed by atoms with Gasteiger partial charge in [0, 0.05) is 34.8 Å². The van der Waals surface area contributed by atoms with Gasteiger partial charge < -0.3 is 14.8 Å². The van der Waals surface area contributed by atoms with Gasteiger partial charge in [-0.15, -0.1) is 5.53 Å². The molecule has 1 aromatic heterocycles. The molecular formula is C28H22Cl2N6O4. The minimum atomic E-state index is -0.883. The summed E-state index contributed by atoms with van der Waals surface area (Å²) in [5.41, 5.74) is 8.35. The van der Waals surface area contributed by atoms with Crippen LogP contribution in [0.25, 0.3) is 11.3 Å². The van der Waals surface area contributed by atoms with Crippen LogP contribution in [0.15, 0.2) is 95.3 Å². The monoisotopic (exact) mass is 576 g/mol. The third-order valence-corrected chi connectivity index (χ3v) is 6.85. The van der Waals surface area contributed by atoms with Crippen LogP contribution in [0.5, 0.6) is 11.5 Å². The van der Waals surface area contributed by atoms with E-state index in [0.717, 1.165) is 5.56 Å². The lowest BCUT2D eigenvalue weighted by Gasteiger charge is -2.21. The number of aromatic nitrogens is 2. The van der Waals surface area contributed by atoms with Crippen LogP contribution in [0.3, 0.4) is 0 Å². The highest BCUT2D eigenvalue weighted by Gasteiger charge is 2.25. The molecule has 0 saturated carbocycles. The van der Waals surface area contributed by atoms with E-state index in [4.69, 9.17) is 32.7 Å². The van der Waals surface area contributed by atoms with Gasteiger partial charge in [-0.3, -0.25) is 24.6 Å². The van der Waals surface area contributed by atoms with E-state index in [9.17, 15) is 9.59 Å². The summed E-state index contributed by atoms with van der Waals surface area (Å²) >= 11 is 12.3. The fourth-order valence-electron chi connectivity index (χ4n) is 4.49. The van der Waals surface area contributed by atoms with E-state index in [0.29, 0.717) is 44.3 Å². The fourth-order valence-corrected chi connectivity index (χ4v) is 4.80. The summed E-state index contributed by atoms with van der Waals surface area (Å²) < 4.78 is 12.1. The largest absolute Gasteiger partial charge is 0.454 e. The number of hydrogen-bond acceptors (Lipinski definition) is 8. The molecule has 202 valence electrons. The van der Waals surface area contributed by atoms with Crippen molar-refractivity contribution in [2.24, 2.45) is 0 Å². The number of ether oxygens (including phenoxy) is 2. The Kier molecular flexibility index (Phi) is 7.04. The molecule has 6 rings (SSSR count). The van der Waals surface area contributed by atoms with Crippen molar-refractivity contribution in [3.05, 3.63) is 111 Å². The van der Waals surface area contributed by atoms with E-state index in [1.807, 2.05) is 30.3 Å². The zero-order valence-electron chi connectivity index (χ0n) is 20.8. The van der Waals surface area contributed by atoms with Gasteiger partial charge in [-0.05, 0) is 35.9 Å². The first-order chi connectivity index (χ1) is 19.4. The van der Waals surface area contributed by atoms with Crippen molar-refractivity contribution in [1.82, 2.24) is 20.5 Å². The van der Waals surface area contributed by atoms with Crippen LogP contribution in [0.4, 0.5) is 11.4 Å². The average Bonchev–Trinajstić information content (AvgIpc) is 3.61. The second kappa shape index (κ2) is 10.9. The van der Waals surface area contributed by atoms with Gasteiger partial charge in [-0.1, -0.05) is 53.5 Å². The molecule has 12 heteroatoms. The summed E-state index contributed by atoms with van der Waals surface area (Å²) in [4.78, 5) is 31.7. The zero-order valence-corrected chi connectivity index (χ0v) is 22.3. The van der Waals surface area contributed by atoms with Crippen LogP contribution in [-0.4, -0.2) is 22.3 Å². The Morgan fingerprint density at radius 2 is 1.85 bits per heavy atom. The van der Waals surface area contributed by atoms with Gasteiger partial charge in [-0.2, -0.15) is 0 Å².